The lowest BCUT2D eigenvalue weighted by molar-refractivity contribution is -0.385. The van der Waals surface area contributed by atoms with Crippen molar-refractivity contribution in [2.75, 3.05) is 12.3 Å². The van der Waals surface area contributed by atoms with E-state index in [9.17, 15) is 23.3 Å². The summed E-state index contributed by atoms with van der Waals surface area (Å²) in [5.41, 5.74) is 0.318. The van der Waals surface area contributed by atoms with Gasteiger partial charge in [0.15, 0.2) is 0 Å². The molecule has 1 heterocycles. The minimum atomic E-state index is -4.20. The molecule has 0 bridgehead atoms. The van der Waals surface area contributed by atoms with Crippen LogP contribution >= 0.6 is 24.0 Å². The van der Waals surface area contributed by atoms with E-state index in [1.807, 2.05) is 0 Å². The van der Waals surface area contributed by atoms with Crippen LogP contribution in [0.1, 0.15) is 5.56 Å². The Kier molecular flexibility index (Phi) is 6.06. The molecule has 2 rings (SSSR count). The van der Waals surface area contributed by atoms with Crippen LogP contribution in [0.25, 0.3) is 6.08 Å². The van der Waals surface area contributed by atoms with E-state index >= 15 is 0 Å². The predicted molar refractivity (Wildman–Crippen MR) is 98.5 cm³/mol. The number of thioether (sulfide) groups is 1. The van der Waals surface area contributed by atoms with Gasteiger partial charge in [0.05, 0.1) is 21.1 Å². The highest BCUT2D eigenvalue weighted by Gasteiger charge is 2.32. The maximum atomic E-state index is 12.2. The maximum absolute atomic E-state index is 12.2. The van der Waals surface area contributed by atoms with Crippen molar-refractivity contribution in [2.24, 2.45) is 0 Å². The van der Waals surface area contributed by atoms with E-state index in [0.29, 0.717) is 5.56 Å². The Hall–Kier alpha value is -2.08. The third-order valence-electron chi connectivity index (χ3n) is 3.10. The number of allylic oxidation sites excluding steroid dienone is 2. The van der Waals surface area contributed by atoms with E-state index in [1.54, 1.807) is 18.2 Å². The second-order valence-corrected chi connectivity index (χ2v) is 8.06. The zero-order valence-electron chi connectivity index (χ0n) is 12.6. The molecule has 1 aromatic carbocycles. The van der Waals surface area contributed by atoms with Crippen molar-refractivity contribution in [3.63, 3.8) is 0 Å². The van der Waals surface area contributed by atoms with Gasteiger partial charge >= 0.3 is 0 Å². The number of thiocarbonyl (C=S) groups is 1. The van der Waals surface area contributed by atoms with Gasteiger partial charge in [-0.3, -0.25) is 24.4 Å². The largest absolute Gasteiger partial charge is 0.292 e. The van der Waals surface area contributed by atoms with Gasteiger partial charge in [0.25, 0.3) is 21.7 Å². The third-order valence-corrected chi connectivity index (χ3v) is 5.20. The lowest BCUT2D eigenvalue weighted by Crippen LogP contribution is -2.32. The van der Waals surface area contributed by atoms with E-state index in [-0.39, 0.29) is 21.5 Å². The van der Waals surface area contributed by atoms with Gasteiger partial charge in [0, 0.05) is 12.6 Å². The van der Waals surface area contributed by atoms with Gasteiger partial charge < -0.3 is 0 Å². The van der Waals surface area contributed by atoms with Crippen LogP contribution in [-0.4, -0.2) is 45.3 Å². The van der Waals surface area contributed by atoms with E-state index in [4.69, 9.17) is 16.8 Å². The lowest BCUT2D eigenvalue weighted by atomic mass is 10.1. The van der Waals surface area contributed by atoms with Gasteiger partial charge in [0.2, 0.25) is 0 Å². The van der Waals surface area contributed by atoms with Gasteiger partial charge in [0.1, 0.15) is 4.32 Å². The molecule has 0 aromatic heterocycles. The monoisotopic (exact) mass is 400 g/mol. The van der Waals surface area contributed by atoms with Crippen molar-refractivity contribution >= 4 is 56.1 Å². The number of hydrogen-bond donors (Lipinski definition) is 1. The number of amides is 1. The highest BCUT2D eigenvalue weighted by Crippen LogP contribution is 2.31. The zero-order valence-corrected chi connectivity index (χ0v) is 15.0. The van der Waals surface area contributed by atoms with Crippen LogP contribution in [0.3, 0.4) is 0 Å². The number of para-hydroxylation sites is 1. The molecule has 0 aliphatic carbocycles. The normalized spacial score (nSPS) is 17.0. The van der Waals surface area contributed by atoms with Gasteiger partial charge in [-0.05, 0) is 18.2 Å². The van der Waals surface area contributed by atoms with Gasteiger partial charge in [-0.1, -0.05) is 42.2 Å². The SMILES string of the molecule is O=C1/C(=C/C=C/c2ccccc2[N+](=O)[O-])SC(=S)N1CCS(=O)(=O)O. The number of benzene rings is 1. The van der Waals surface area contributed by atoms with E-state index in [1.165, 1.54) is 24.3 Å². The fraction of sp³-hybridized carbons (Fsp3) is 0.143. The molecule has 1 aliphatic heterocycles. The minimum absolute atomic E-state index is 0.0622. The topological polar surface area (TPSA) is 118 Å². The Labute approximate surface area is 153 Å². The van der Waals surface area contributed by atoms with Crippen molar-refractivity contribution < 1.29 is 22.7 Å². The van der Waals surface area contributed by atoms with Crippen LogP contribution in [0.5, 0.6) is 0 Å². The molecule has 0 unspecified atom stereocenters. The molecule has 1 aliphatic rings. The Morgan fingerprint density at radius 1 is 1.36 bits per heavy atom. The summed E-state index contributed by atoms with van der Waals surface area (Å²) < 4.78 is 30.5. The molecule has 25 heavy (non-hydrogen) atoms. The molecule has 1 aromatic rings. The number of hydrogen-bond acceptors (Lipinski definition) is 7. The first-order valence-corrected chi connectivity index (χ1v) is 9.63. The van der Waals surface area contributed by atoms with Crippen molar-refractivity contribution in [3.05, 3.63) is 57.0 Å². The van der Waals surface area contributed by atoms with Crippen LogP contribution in [0.4, 0.5) is 5.69 Å². The predicted octanol–water partition coefficient (Wildman–Crippen LogP) is 2.24. The average molecular weight is 400 g/mol. The summed E-state index contributed by atoms with van der Waals surface area (Å²) in [5, 5.41) is 10.9. The fourth-order valence-corrected chi connectivity index (χ4v) is 3.62. The number of nitro benzene ring substituents is 1. The highest BCUT2D eigenvalue weighted by molar-refractivity contribution is 8.26. The molecule has 0 spiro atoms. The summed E-state index contributed by atoms with van der Waals surface area (Å²) in [6.07, 6.45) is 4.42. The molecule has 0 atom stereocenters. The third kappa shape index (κ3) is 5.19. The first-order valence-electron chi connectivity index (χ1n) is 6.79. The highest BCUT2D eigenvalue weighted by atomic mass is 32.2. The molecular formula is C14H12N2O6S3. The second-order valence-electron chi connectivity index (χ2n) is 4.82. The van der Waals surface area contributed by atoms with Crippen molar-refractivity contribution in [2.45, 2.75) is 0 Å². The van der Waals surface area contributed by atoms with Crippen molar-refractivity contribution in [3.8, 4) is 0 Å². The zero-order chi connectivity index (χ0) is 18.6. The number of carbonyl (C=O) groups is 1. The van der Waals surface area contributed by atoms with Gasteiger partial charge in [-0.2, -0.15) is 8.42 Å². The van der Waals surface area contributed by atoms with Crippen LogP contribution in [-0.2, 0) is 14.9 Å². The standard InChI is InChI=1S/C14H12N2O6S3/c17-13-12(24-14(23)15(13)8-9-25(20,21)22)7-3-5-10-4-1-2-6-11(10)16(18)19/h1-7H,8-9H2,(H,20,21,22)/b5-3+,12-7-. The first-order chi connectivity index (χ1) is 11.7. The smallest absolute Gasteiger partial charge is 0.276 e. The summed E-state index contributed by atoms with van der Waals surface area (Å²) in [5.74, 6) is -1.09. The molecule has 0 radical (unpaired) electrons. The van der Waals surface area contributed by atoms with Crippen LogP contribution in [0, 0.1) is 10.1 Å². The summed E-state index contributed by atoms with van der Waals surface area (Å²) in [7, 11) is -4.20. The van der Waals surface area contributed by atoms with Crippen LogP contribution < -0.4 is 0 Å². The Bertz CT molecular complexity index is 892. The molecular weight excluding hydrogens is 388 g/mol. The molecule has 1 amide bonds. The number of rotatable bonds is 6. The number of nitrogens with zero attached hydrogens (tertiary/aromatic N) is 2. The van der Waals surface area contributed by atoms with Gasteiger partial charge in [-0.15, -0.1) is 0 Å². The molecule has 1 saturated heterocycles. The minimum Gasteiger partial charge on any atom is -0.292 e. The summed E-state index contributed by atoms with van der Waals surface area (Å²) in [4.78, 5) is 24.0. The molecule has 8 nitrogen and oxygen atoms in total. The van der Waals surface area contributed by atoms with E-state index < -0.39 is 26.7 Å². The average Bonchev–Trinajstić information content (AvgIpc) is 2.79. The Morgan fingerprint density at radius 3 is 2.68 bits per heavy atom. The van der Waals surface area contributed by atoms with E-state index in [2.05, 4.69) is 0 Å². The molecule has 1 fully saturated rings. The molecule has 132 valence electrons. The van der Waals surface area contributed by atoms with Gasteiger partial charge in [-0.25, -0.2) is 0 Å². The van der Waals surface area contributed by atoms with Crippen molar-refractivity contribution in [1.29, 1.82) is 0 Å². The molecule has 11 heteroatoms. The number of nitro groups is 1. The Balaban J connectivity index is 2.13. The van der Waals surface area contributed by atoms with Crippen molar-refractivity contribution in [1.82, 2.24) is 4.90 Å². The number of carbonyl (C=O) groups excluding carboxylic acids is 1. The fourth-order valence-electron chi connectivity index (χ4n) is 1.95. The quantitative estimate of drug-likeness (QED) is 0.254. The lowest BCUT2D eigenvalue weighted by Gasteiger charge is -2.12. The summed E-state index contributed by atoms with van der Waals surface area (Å²) in [6, 6.07) is 6.14. The summed E-state index contributed by atoms with van der Waals surface area (Å²) >= 11 is 6.00. The van der Waals surface area contributed by atoms with Crippen LogP contribution in [0.15, 0.2) is 41.3 Å². The summed E-state index contributed by atoms with van der Waals surface area (Å²) in [6.45, 7) is -0.241. The van der Waals surface area contributed by atoms with Crippen LogP contribution in [0.2, 0.25) is 0 Å². The first kappa shape index (κ1) is 19.2. The maximum Gasteiger partial charge on any atom is 0.276 e. The van der Waals surface area contributed by atoms with E-state index in [0.717, 1.165) is 16.7 Å². The Morgan fingerprint density at radius 2 is 2.04 bits per heavy atom. The second kappa shape index (κ2) is 7.87. The molecule has 0 saturated carbocycles. The molecule has 1 N–H and O–H groups in total.